The van der Waals surface area contributed by atoms with Gasteiger partial charge in [0.1, 0.15) is 30.4 Å². The Balaban J connectivity index is 1.45. The van der Waals surface area contributed by atoms with Gasteiger partial charge in [0, 0.05) is 46.9 Å². The minimum Gasteiger partial charge on any atom is -0.489 e. The van der Waals surface area contributed by atoms with Crippen molar-refractivity contribution >= 4 is 11.0 Å². The van der Waals surface area contributed by atoms with E-state index >= 15 is 0 Å². The van der Waals surface area contributed by atoms with Gasteiger partial charge in [-0.25, -0.2) is 4.98 Å². The van der Waals surface area contributed by atoms with E-state index in [1.165, 1.54) is 0 Å². The van der Waals surface area contributed by atoms with Crippen molar-refractivity contribution in [3.63, 3.8) is 0 Å². The second-order valence-electron chi connectivity index (χ2n) is 7.24. The highest BCUT2D eigenvalue weighted by Crippen LogP contribution is 2.32. The quantitative estimate of drug-likeness (QED) is 0.371. The Morgan fingerprint density at radius 3 is 2.19 bits per heavy atom. The maximum Gasteiger partial charge on any atom is 0.137 e. The summed E-state index contributed by atoms with van der Waals surface area (Å²) >= 11 is 0. The Hall–Kier alpha value is -4.12. The fourth-order valence-electron chi connectivity index (χ4n) is 3.40. The Morgan fingerprint density at radius 1 is 0.710 bits per heavy atom. The zero-order chi connectivity index (χ0) is 20.9. The van der Waals surface area contributed by atoms with E-state index < -0.39 is 0 Å². The summed E-state index contributed by atoms with van der Waals surface area (Å²) in [6.45, 7) is 0.921. The number of aromatic nitrogens is 3. The van der Waals surface area contributed by atoms with Crippen molar-refractivity contribution in [1.82, 2.24) is 15.0 Å². The molecule has 31 heavy (non-hydrogen) atoms. The zero-order valence-electron chi connectivity index (χ0n) is 16.9. The van der Waals surface area contributed by atoms with Gasteiger partial charge < -0.3 is 14.5 Å². The van der Waals surface area contributed by atoms with E-state index in [-0.39, 0.29) is 0 Å². The monoisotopic (exact) mass is 407 g/mol. The summed E-state index contributed by atoms with van der Waals surface area (Å²) in [4.78, 5) is 11.9. The largest absolute Gasteiger partial charge is 0.489 e. The highest BCUT2D eigenvalue weighted by Gasteiger charge is 2.09. The summed E-state index contributed by atoms with van der Waals surface area (Å²) in [6.07, 6.45) is 5.34. The molecular weight excluding hydrogens is 386 g/mol. The third-order valence-corrected chi connectivity index (χ3v) is 4.96. The highest BCUT2D eigenvalue weighted by molar-refractivity contribution is 5.83. The average molecular weight is 407 g/mol. The molecule has 3 heterocycles. The number of nitrogens with one attached hydrogen (secondary N) is 1. The molecule has 0 aliphatic carbocycles. The van der Waals surface area contributed by atoms with Crippen molar-refractivity contribution < 1.29 is 9.47 Å². The van der Waals surface area contributed by atoms with Crippen molar-refractivity contribution in [3.8, 4) is 22.8 Å². The van der Waals surface area contributed by atoms with Crippen molar-refractivity contribution in [3.05, 3.63) is 109 Å². The van der Waals surface area contributed by atoms with Gasteiger partial charge in [-0.15, -0.1) is 0 Å². The van der Waals surface area contributed by atoms with E-state index in [0.29, 0.717) is 13.2 Å². The Morgan fingerprint density at radius 2 is 1.45 bits per heavy atom. The summed E-state index contributed by atoms with van der Waals surface area (Å²) in [5, 5.41) is 1.06. The van der Waals surface area contributed by atoms with Crippen molar-refractivity contribution in [1.29, 1.82) is 0 Å². The van der Waals surface area contributed by atoms with Crippen LogP contribution in [0.5, 0.6) is 11.5 Å². The average Bonchev–Trinajstić information content (AvgIpc) is 3.27. The van der Waals surface area contributed by atoms with Crippen LogP contribution in [-0.2, 0) is 13.2 Å². The number of fused-ring (bicyclic) bond motifs is 1. The predicted octanol–water partition coefficient (Wildman–Crippen LogP) is 5.78. The zero-order valence-corrected chi connectivity index (χ0v) is 16.9. The molecule has 2 aromatic carbocycles. The lowest BCUT2D eigenvalue weighted by Crippen LogP contribution is -1.99. The number of H-pyrrole nitrogens is 1. The Kier molecular flexibility index (Phi) is 5.31. The normalized spacial score (nSPS) is 10.8. The number of ether oxygens (including phenoxy) is 2. The van der Waals surface area contributed by atoms with E-state index in [4.69, 9.17) is 9.47 Å². The molecule has 0 amide bonds. The molecule has 5 rings (SSSR count). The number of rotatable bonds is 7. The van der Waals surface area contributed by atoms with Crippen LogP contribution in [0.3, 0.4) is 0 Å². The van der Waals surface area contributed by atoms with Crippen LogP contribution in [0.1, 0.15) is 11.1 Å². The number of hydrogen-bond acceptors (Lipinski definition) is 4. The van der Waals surface area contributed by atoms with Gasteiger partial charge in [-0.2, -0.15) is 0 Å². The van der Waals surface area contributed by atoms with E-state index in [1.54, 1.807) is 18.6 Å². The first-order valence-corrected chi connectivity index (χ1v) is 10.1. The molecule has 0 bridgehead atoms. The van der Waals surface area contributed by atoms with Gasteiger partial charge in [-0.05, 0) is 42.0 Å². The van der Waals surface area contributed by atoms with E-state index in [0.717, 1.165) is 44.9 Å². The molecule has 3 aromatic heterocycles. The molecule has 5 heteroatoms. The molecule has 152 valence electrons. The molecule has 0 aliphatic rings. The van der Waals surface area contributed by atoms with Gasteiger partial charge in [0.05, 0.1) is 0 Å². The molecule has 0 atom stereocenters. The lowest BCUT2D eigenvalue weighted by Gasteiger charge is -2.12. The fraction of sp³-hybridized carbons (Fsp3) is 0.0769. The van der Waals surface area contributed by atoms with Gasteiger partial charge in [-0.1, -0.05) is 36.4 Å². The molecule has 0 saturated heterocycles. The number of hydrogen-bond donors (Lipinski definition) is 1. The first-order chi connectivity index (χ1) is 15.3. The molecule has 0 radical (unpaired) electrons. The molecule has 0 fully saturated rings. The van der Waals surface area contributed by atoms with Crippen LogP contribution in [-0.4, -0.2) is 15.0 Å². The maximum atomic E-state index is 6.10. The Bertz CT molecular complexity index is 1190. The predicted molar refractivity (Wildman–Crippen MR) is 121 cm³/mol. The van der Waals surface area contributed by atoms with Gasteiger partial charge in [0.2, 0.25) is 0 Å². The van der Waals surface area contributed by atoms with Gasteiger partial charge in [0.15, 0.2) is 0 Å². The van der Waals surface area contributed by atoms with Crippen LogP contribution in [0.4, 0.5) is 0 Å². The molecule has 0 spiro atoms. The minimum absolute atomic E-state index is 0.434. The SMILES string of the molecule is c1ccc(COc2cc(OCc3cccnc3)cc(-c3cc4cccnc4[nH]3)c2)cc1. The second kappa shape index (κ2) is 8.71. The summed E-state index contributed by atoms with van der Waals surface area (Å²) in [7, 11) is 0. The fourth-order valence-corrected chi connectivity index (χ4v) is 3.40. The maximum absolute atomic E-state index is 6.10. The first-order valence-electron chi connectivity index (χ1n) is 10.1. The van der Waals surface area contributed by atoms with Crippen LogP contribution < -0.4 is 9.47 Å². The molecular formula is C26H21N3O2. The molecule has 1 N–H and O–H groups in total. The van der Waals surface area contributed by atoms with Crippen LogP contribution in [0, 0.1) is 0 Å². The van der Waals surface area contributed by atoms with Gasteiger partial charge in [0.25, 0.3) is 0 Å². The Labute approximate surface area is 180 Å². The van der Waals surface area contributed by atoms with E-state index in [2.05, 4.69) is 21.0 Å². The van der Waals surface area contributed by atoms with Crippen molar-refractivity contribution in [2.45, 2.75) is 13.2 Å². The topological polar surface area (TPSA) is 60.0 Å². The summed E-state index contributed by atoms with van der Waals surface area (Å²) in [5.74, 6) is 1.48. The van der Waals surface area contributed by atoms with E-state index in [1.807, 2.05) is 72.8 Å². The summed E-state index contributed by atoms with van der Waals surface area (Å²) in [6, 6.07) is 26.0. The summed E-state index contributed by atoms with van der Waals surface area (Å²) < 4.78 is 12.2. The first kappa shape index (κ1) is 18.9. The third-order valence-electron chi connectivity index (χ3n) is 4.96. The third kappa shape index (κ3) is 4.56. The number of pyridine rings is 2. The highest BCUT2D eigenvalue weighted by atomic mass is 16.5. The molecule has 0 saturated carbocycles. The van der Waals surface area contributed by atoms with Gasteiger partial charge in [-0.3, -0.25) is 4.98 Å². The second-order valence-corrected chi connectivity index (χ2v) is 7.24. The minimum atomic E-state index is 0.434. The van der Waals surface area contributed by atoms with E-state index in [9.17, 15) is 0 Å². The molecule has 0 unspecified atom stereocenters. The summed E-state index contributed by atoms with van der Waals surface area (Å²) in [5.41, 5.74) is 4.91. The van der Waals surface area contributed by atoms with Crippen LogP contribution in [0.2, 0.25) is 0 Å². The number of aromatic amines is 1. The molecule has 5 aromatic rings. The van der Waals surface area contributed by atoms with Crippen LogP contribution in [0.15, 0.2) is 97.5 Å². The number of benzene rings is 2. The molecule has 5 nitrogen and oxygen atoms in total. The lowest BCUT2D eigenvalue weighted by atomic mass is 10.1. The van der Waals surface area contributed by atoms with Crippen LogP contribution in [0.25, 0.3) is 22.3 Å². The standard InChI is InChI=1S/C26H21N3O2/c1-2-6-19(7-3-1)17-30-23-12-22(25-14-21-9-5-11-28-26(21)29-25)13-24(15-23)31-18-20-8-4-10-27-16-20/h1-16H,17-18H2,(H,28,29). The molecule has 0 aliphatic heterocycles. The number of nitrogens with zero attached hydrogens (tertiary/aromatic N) is 2. The van der Waals surface area contributed by atoms with Crippen molar-refractivity contribution in [2.24, 2.45) is 0 Å². The van der Waals surface area contributed by atoms with Crippen LogP contribution >= 0.6 is 0 Å². The smallest absolute Gasteiger partial charge is 0.137 e. The van der Waals surface area contributed by atoms with Gasteiger partial charge >= 0.3 is 0 Å². The van der Waals surface area contributed by atoms with Crippen molar-refractivity contribution in [2.75, 3.05) is 0 Å². The lowest BCUT2D eigenvalue weighted by molar-refractivity contribution is 0.290.